The monoisotopic (exact) mass is 272 g/mol. The number of hydrogen-bond donors (Lipinski definition) is 1. The summed E-state index contributed by atoms with van der Waals surface area (Å²) in [5.41, 5.74) is 4.89. The molecule has 104 valence electrons. The van der Waals surface area contributed by atoms with Crippen molar-refractivity contribution in [2.45, 2.75) is 20.3 Å². The average Bonchev–Trinajstić information content (AvgIpc) is 2.61. The summed E-state index contributed by atoms with van der Waals surface area (Å²) in [6.07, 6.45) is 0.554. The Hall–Kier alpha value is -2.30. The number of benzene rings is 1. The van der Waals surface area contributed by atoms with Crippen LogP contribution in [-0.2, 0) is 13.5 Å². The second-order valence-electron chi connectivity index (χ2n) is 5.09. The fraction of sp³-hybridized carbons (Fsp3) is 0.333. The first-order valence-corrected chi connectivity index (χ1v) is 6.53. The van der Waals surface area contributed by atoms with Crippen molar-refractivity contribution in [2.75, 3.05) is 6.61 Å². The van der Waals surface area contributed by atoms with Gasteiger partial charge in [-0.25, -0.2) is 4.79 Å². The number of carbonyl (C=O) groups is 1. The predicted molar refractivity (Wildman–Crippen MR) is 74.3 cm³/mol. The molecule has 0 amide bonds. The number of aromatic nitrogens is 2. The second-order valence-corrected chi connectivity index (χ2v) is 5.09. The van der Waals surface area contributed by atoms with Crippen molar-refractivity contribution in [1.82, 2.24) is 9.78 Å². The number of aromatic carboxylic acids is 1. The van der Waals surface area contributed by atoms with Crippen LogP contribution in [0.5, 0.6) is 5.75 Å². The molecular weight excluding hydrogens is 256 g/mol. The van der Waals surface area contributed by atoms with Crippen molar-refractivity contribution in [2.24, 2.45) is 7.05 Å². The fourth-order valence-corrected chi connectivity index (χ4v) is 2.73. The summed E-state index contributed by atoms with van der Waals surface area (Å²) in [5.74, 6) is -0.155. The number of carboxylic acids is 1. The second kappa shape index (κ2) is 4.37. The van der Waals surface area contributed by atoms with E-state index in [9.17, 15) is 9.90 Å². The molecule has 1 aromatic heterocycles. The van der Waals surface area contributed by atoms with Crippen LogP contribution < -0.4 is 4.74 Å². The summed E-state index contributed by atoms with van der Waals surface area (Å²) in [4.78, 5) is 11.3. The average molecular weight is 272 g/mol. The lowest BCUT2D eigenvalue weighted by Gasteiger charge is -2.13. The van der Waals surface area contributed by atoms with Crippen LogP contribution in [0.1, 0.15) is 27.2 Å². The summed E-state index contributed by atoms with van der Waals surface area (Å²) in [6, 6.07) is 4.01. The molecule has 0 unspecified atom stereocenters. The van der Waals surface area contributed by atoms with Gasteiger partial charge in [0.15, 0.2) is 5.69 Å². The van der Waals surface area contributed by atoms with Crippen LogP contribution in [0.4, 0.5) is 0 Å². The van der Waals surface area contributed by atoms with E-state index in [2.05, 4.69) is 5.10 Å². The van der Waals surface area contributed by atoms with Gasteiger partial charge in [-0.2, -0.15) is 5.10 Å². The number of rotatable bonds is 1. The van der Waals surface area contributed by atoms with Crippen molar-refractivity contribution >= 4 is 5.97 Å². The molecule has 5 nitrogen and oxygen atoms in total. The molecule has 1 N–H and O–H groups in total. The molecule has 0 atom stereocenters. The third kappa shape index (κ3) is 1.70. The Morgan fingerprint density at radius 3 is 2.85 bits per heavy atom. The summed E-state index contributed by atoms with van der Waals surface area (Å²) in [5, 5.41) is 13.4. The normalized spacial score (nSPS) is 13.2. The first kappa shape index (κ1) is 12.7. The Morgan fingerprint density at radius 1 is 1.40 bits per heavy atom. The van der Waals surface area contributed by atoms with Gasteiger partial charge in [0.05, 0.1) is 12.3 Å². The number of fused-ring (bicyclic) bond motifs is 3. The summed E-state index contributed by atoms with van der Waals surface area (Å²) in [6.45, 7) is 4.53. The first-order valence-electron chi connectivity index (χ1n) is 6.53. The van der Waals surface area contributed by atoms with E-state index in [1.54, 1.807) is 11.7 Å². The van der Waals surface area contributed by atoms with Gasteiger partial charge in [0.2, 0.25) is 0 Å². The minimum Gasteiger partial charge on any atom is -0.492 e. The molecule has 1 aromatic carbocycles. The van der Waals surface area contributed by atoms with Crippen LogP contribution in [0.3, 0.4) is 0 Å². The van der Waals surface area contributed by atoms with E-state index < -0.39 is 5.97 Å². The van der Waals surface area contributed by atoms with Crippen molar-refractivity contribution in [1.29, 1.82) is 0 Å². The topological polar surface area (TPSA) is 64.3 Å². The maximum Gasteiger partial charge on any atom is 0.356 e. The molecule has 20 heavy (non-hydrogen) atoms. The van der Waals surface area contributed by atoms with E-state index in [0.717, 1.165) is 33.7 Å². The lowest BCUT2D eigenvalue weighted by atomic mass is 9.99. The van der Waals surface area contributed by atoms with Gasteiger partial charge in [0, 0.05) is 24.6 Å². The van der Waals surface area contributed by atoms with Crippen LogP contribution in [0.2, 0.25) is 0 Å². The Morgan fingerprint density at radius 2 is 2.15 bits per heavy atom. The highest BCUT2D eigenvalue weighted by molar-refractivity contribution is 5.90. The standard InChI is InChI=1S/C15H16N2O3/c1-8-4-5-11-13-10(6-7-20-14(11)9(8)2)12(15(18)19)16-17(13)3/h4-5H,6-7H2,1-3H3,(H,18,19). The number of carboxylic acid groups (broad SMARTS) is 1. The van der Waals surface area contributed by atoms with Gasteiger partial charge >= 0.3 is 5.97 Å². The van der Waals surface area contributed by atoms with Gasteiger partial charge in [-0.3, -0.25) is 4.68 Å². The molecule has 0 saturated heterocycles. The highest BCUT2D eigenvalue weighted by atomic mass is 16.5. The molecule has 0 radical (unpaired) electrons. The van der Waals surface area contributed by atoms with Crippen molar-refractivity contribution in [3.63, 3.8) is 0 Å². The summed E-state index contributed by atoms with van der Waals surface area (Å²) >= 11 is 0. The lowest BCUT2D eigenvalue weighted by molar-refractivity contribution is 0.0688. The Kier molecular flexibility index (Phi) is 2.78. The van der Waals surface area contributed by atoms with E-state index in [4.69, 9.17) is 4.74 Å². The van der Waals surface area contributed by atoms with E-state index >= 15 is 0 Å². The van der Waals surface area contributed by atoms with Crippen molar-refractivity contribution < 1.29 is 14.6 Å². The van der Waals surface area contributed by atoms with Crippen LogP contribution in [-0.4, -0.2) is 27.5 Å². The highest BCUT2D eigenvalue weighted by Crippen LogP contribution is 2.39. The molecule has 0 aliphatic carbocycles. The van der Waals surface area contributed by atoms with Gasteiger partial charge < -0.3 is 9.84 Å². The van der Waals surface area contributed by atoms with E-state index in [0.29, 0.717) is 13.0 Å². The van der Waals surface area contributed by atoms with Gasteiger partial charge in [0.25, 0.3) is 0 Å². The van der Waals surface area contributed by atoms with Crippen molar-refractivity contribution in [3.8, 4) is 17.0 Å². The van der Waals surface area contributed by atoms with Crippen molar-refractivity contribution in [3.05, 3.63) is 34.5 Å². The zero-order valence-electron chi connectivity index (χ0n) is 11.7. The van der Waals surface area contributed by atoms with Crippen LogP contribution in [0.25, 0.3) is 11.3 Å². The summed E-state index contributed by atoms with van der Waals surface area (Å²) < 4.78 is 7.50. The molecule has 2 heterocycles. The SMILES string of the molecule is Cc1ccc2c(c1C)OCCc1c(C(=O)O)nn(C)c1-2. The maximum absolute atomic E-state index is 11.3. The molecule has 0 spiro atoms. The van der Waals surface area contributed by atoms with E-state index in [1.807, 2.05) is 26.0 Å². The third-order valence-electron chi connectivity index (χ3n) is 3.88. The quantitative estimate of drug-likeness (QED) is 0.865. The predicted octanol–water partition coefficient (Wildman–Crippen LogP) is 2.34. The van der Waals surface area contributed by atoms with Gasteiger partial charge in [-0.15, -0.1) is 0 Å². The number of aryl methyl sites for hydroxylation is 2. The van der Waals surface area contributed by atoms with Crippen LogP contribution in [0, 0.1) is 13.8 Å². The molecule has 2 aromatic rings. The molecule has 0 bridgehead atoms. The Bertz CT molecular complexity index is 716. The highest BCUT2D eigenvalue weighted by Gasteiger charge is 2.27. The molecule has 0 fully saturated rings. The lowest BCUT2D eigenvalue weighted by Crippen LogP contribution is -2.06. The fourth-order valence-electron chi connectivity index (χ4n) is 2.73. The van der Waals surface area contributed by atoms with E-state index in [-0.39, 0.29) is 5.69 Å². The van der Waals surface area contributed by atoms with Gasteiger partial charge in [0.1, 0.15) is 5.75 Å². The minimum atomic E-state index is -0.992. The molecule has 5 heteroatoms. The molecular formula is C15H16N2O3. The third-order valence-corrected chi connectivity index (χ3v) is 3.88. The Labute approximate surface area is 116 Å². The van der Waals surface area contributed by atoms with Gasteiger partial charge in [-0.05, 0) is 31.0 Å². The number of hydrogen-bond acceptors (Lipinski definition) is 3. The molecule has 3 rings (SSSR count). The zero-order chi connectivity index (χ0) is 14.4. The maximum atomic E-state index is 11.3. The molecule has 0 saturated carbocycles. The summed E-state index contributed by atoms with van der Waals surface area (Å²) in [7, 11) is 1.77. The Balaban J connectivity index is 2.33. The van der Waals surface area contributed by atoms with E-state index in [1.165, 1.54) is 0 Å². The van der Waals surface area contributed by atoms with Crippen LogP contribution in [0.15, 0.2) is 12.1 Å². The number of nitrogens with zero attached hydrogens (tertiary/aromatic N) is 2. The molecule has 1 aliphatic heterocycles. The number of ether oxygens (including phenoxy) is 1. The smallest absolute Gasteiger partial charge is 0.356 e. The first-order chi connectivity index (χ1) is 9.50. The zero-order valence-corrected chi connectivity index (χ0v) is 11.7. The largest absolute Gasteiger partial charge is 0.492 e. The minimum absolute atomic E-state index is 0.122. The van der Waals surface area contributed by atoms with Gasteiger partial charge in [-0.1, -0.05) is 6.07 Å². The molecule has 1 aliphatic rings. The van der Waals surface area contributed by atoms with Crippen LogP contribution >= 0.6 is 0 Å².